The highest BCUT2D eigenvalue weighted by Crippen LogP contribution is 2.21. The number of anilines is 1. The molecule has 0 radical (unpaired) electrons. The van der Waals surface area contributed by atoms with E-state index < -0.39 is 5.82 Å². The van der Waals surface area contributed by atoms with Crippen LogP contribution in [0.25, 0.3) is 0 Å². The molecular weight excluding hydrogens is 261 g/mol. The molecule has 1 amide bonds. The van der Waals surface area contributed by atoms with Crippen molar-refractivity contribution in [3.05, 3.63) is 29.6 Å². The maximum Gasteiger partial charge on any atom is 0.229 e. The molecule has 1 saturated heterocycles. The number of halogens is 1. The summed E-state index contributed by atoms with van der Waals surface area (Å²) in [4.78, 5) is 12.0. The summed E-state index contributed by atoms with van der Waals surface area (Å²) in [5.41, 5.74) is 0.631. The first-order chi connectivity index (χ1) is 9.60. The van der Waals surface area contributed by atoms with Crippen LogP contribution in [-0.2, 0) is 9.53 Å². The standard InChI is InChI=1S/C15H16FNO3/c1-10-7-12(9-20-10)15(19)17-13-4-5-14(16)11(8-13)3-2-6-18/h4-5,8,10,12,18H,6-7,9H2,1H3,(H,17,19). The van der Waals surface area contributed by atoms with E-state index >= 15 is 0 Å². The summed E-state index contributed by atoms with van der Waals surface area (Å²) >= 11 is 0. The molecule has 0 bridgehead atoms. The number of carbonyl (C=O) groups is 1. The summed E-state index contributed by atoms with van der Waals surface area (Å²) in [6, 6.07) is 4.18. The quantitative estimate of drug-likeness (QED) is 0.806. The number of aliphatic hydroxyl groups excluding tert-OH is 1. The van der Waals surface area contributed by atoms with Gasteiger partial charge in [-0.25, -0.2) is 4.39 Å². The molecule has 20 heavy (non-hydrogen) atoms. The number of ether oxygens (including phenoxy) is 1. The van der Waals surface area contributed by atoms with Crippen molar-refractivity contribution in [3.63, 3.8) is 0 Å². The lowest BCUT2D eigenvalue weighted by Gasteiger charge is -2.10. The summed E-state index contributed by atoms with van der Waals surface area (Å²) in [7, 11) is 0. The number of hydrogen-bond acceptors (Lipinski definition) is 3. The molecule has 0 spiro atoms. The first-order valence-corrected chi connectivity index (χ1v) is 6.42. The number of benzene rings is 1. The molecule has 0 saturated carbocycles. The van der Waals surface area contributed by atoms with E-state index in [4.69, 9.17) is 9.84 Å². The minimum Gasteiger partial charge on any atom is -0.384 e. The van der Waals surface area contributed by atoms with Crippen LogP contribution in [-0.4, -0.2) is 30.3 Å². The van der Waals surface area contributed by atoms with Crippen LogP contribution in [0.15, 0.2) is 18.2 Å². The van der Waals surface area contributed by atoms with Gasteiger partial charge in [0.25, 0.3) is 0 Å². The third-order valence-corrected chi connectivity index (χ3v) is 3.11. The van der Waals surface area contributed by atoms with Crippen molar-refractivity contribution >= 4 is 11.6 Å². The van der Waals surface area contributed by atoms with Crippen LogP contribution < -0.4 is 5.32 Å². The molecule has 0 aliphatic carbocycles. The Bertz CT molecular complexity index is 562. The Hall–Kier alpha value is -1.90. The van der Waals surface area contributed by atoms with E-state index in [-0.39, 0.29) is 30.1 Å². The number of carbonyl (C=O) groups excluding carboxylic acids is 1. The first-order valence-electron chi connectivity index (χ1n) is 6.42. The molecule has 1 heterocycles. The highest BCUT2D eigenvalue weighted by Gasteiger charge is 2.28. The highest BCUT2D eigenvalue weighted by atomic mass is 19.1. The minimum absolute atomic E-state index is 0.0879. The van der Waals surface area contributed by atoms with Gasteiger partial charge in [0.05, 0.1) is 24.2 Å². The third-order valence-electron chi connectivity index (χ3n) is 3.11. The highest BCUT2D eigenvalue weighted by molar-refractivity contribution is 5.93. The van der Waals surface area contributed by atoms with Crippen LogP contribution in [0.1, 0.15) is 18.9 Å². The van der Waals surface area contributed by atoms with Crippen molar-refractivity contribution < 1.29 is 19.0 Å². The number of nitrogens with one attached hydrogen (secondary N) is 1. The summed E-state index contributed by atoms with van der Waals surface area (Å²) < 4.78 is 18.8. The predicted octanol–water partition coefficient (Wildman–Crippen LogP) is 1.53. The van der Waals surface area contributed by atoms with Gasteiger partial charge >= 0.3 is 0 Å². The van der Waals surface area contributed by atoms with Gasteiger partial charge in [0.15, 0.2) is 0 Å². The zero-order chi connectivity index (χ0) is 14.5. The van der Waals surface area contributed by atoms with Crippen LogP contribution in [0.4, 0.5) is 10.1 Å². The zero-order valence-electron chi connectivity index (χ0n) is 11.1. The van der Waals surface area contributed by atoms with Gasteiger partial charge in [-0.05, 0) is 31.5 Å². The maximum absolute atomic E-state index is 13.5. The second-order valence-corrected chi connectivity index (χ2v) is 4.72. The lowest BCUT2D eigenvalue weighted by Crippen LogP contribution is -2.23. The van der Waals surface area contributed by atoms with Gasteiger partial charge in [-0.15, -0.1) is 0 Å². The Labute approximate surface area is 116 Å². The monoisotopic (exact) mass is 277 g/mol. The Kier molecular flexibility index (Phi) is 4.72. The van der Waals surface area contributed by atoms with E-state index in [0.29, 0.717) is 18.7 Å². The van der Waals surface area contributed by atoms with E-state index in [0.717, 1.165) is 0 Å². The smallest absolute Gasteiger partial charge is 0.229 e. The molecular formula is C15H16FNO3. The van der Waals surface area contributed by atoms with Gasteiger partial charge in [-0.3, -0.25) is 4.79 Å². The van der Waals surface area contributed by atoms with Crippen LogP contribution in [0, 0.1) is 23.6 Å². The van der Waals surface area contributed by atoms with Gasteiger partial charge in [0.1, 0.15) is 12.4 Å². The SMILES string of the molecule is CC1CC(C(=O)Nc2ccc(F)c(C#CCO)c2)CO1. The minimum atomic E-state index is -0.484. The average Bonchev–Trinajstić information content (AvgIpc) is 2.86. The predicted molar refractivity (Wildman–Crippen MR) is 72.5 cm³/mol. The molecule has 2 rings (SSSR count). The zero-order valence-corrected chi connectivity index (χ0v) is 11.1. The lowest BCUT2D eigenvalue weighted by molar-refractivity contribution is -0.119. The third kappa shape index (κ3) is 3.56. The van der Waals surface area contributed by atoms with Crippen molar-refractivity contribution in [1.29, 1.82) is 0 Å². The molecule has 5 heteroatoms. The van der Waals surface area contributed by atoms with E-state index in [9.17, 15) is 9.18 Å². The van der Waals surface area contributed by atoms with E-state index in [2.05, 4.69) is 17.2 Å². The summed E-state index contributed by atoms with van der Waals surface area (Å²) in [5.74, 6) is 4.08. The molecule has 0 aromatic heterocycles. The molecule has 1 aromatic carbocycles. The van der Waals surface area contributed by atoms with Crippen LogP contribution >= 0.6 is 0 Å². The topological polar surface area (TPSA) is 58.6 Å². The lowest BCUT2D eigenvalue weighted by atomic mass is 10.1. The van der Waals surface area contributed by atoms with Crippen molar-refractivity contribution in [2.45, 2.75) is 19.4 Å². The van der Waals surface area contributed by atoms with Crippen molar-refractivity contribution in [2.24, 2.45) is 5.92 Å². The number of hydrogen-bond donors (Lipinski definition) is 2. The maximum atomic E-state index is 13.5. The number of rotatable bonds is 2. The molecule has 2 unspecified atom stereocenters. The van der Waals surface area contributed by atoms with Gasteiger partial charge in [-0.1, -0.05) is 11.8 Å². The van der Waals surface area contributed by atoms with Crippen molar-refractivity contribution in [1.82, 2.24) is 0 Å². The fourth-order valence-electron chi connectivity index (χ4n) is 2.08. The summed E-state index contributed by atoms with van der Waals surface area (Å²) in [6.07, 6.45) is 0.773. The van der Waals surface area contributed by atoms with Crippen molar-refractivity contribution in [3.8, 4) is 11.8 Å². The molecule has 106 valence electrons. The van der Waals surface area contributed by atoms with Gasteiger partial charge in [-0.2, -0.15) is 0 Å². The molecule has 2 N–H and O–H groups in total. The van der Waals surface area contributed by atoms with Crippen molar-refractivity contribution in [2.75, 3.05) is 18.5 Å². The second-order valence-electron chi connectivity index (χ2n) is 4.72. The van der Waals surface area contributed by atoms with Crippen LogP contribution in [0.3, 0.4) is 0 Å². The largest absolute Gasteiger partial charge is 0.384 e. The van der Waals surface area contributed by atoms with Gasteiger partial charge in [0, 0.05) is 5.69 Å². The summed E-state index contributed by atoms with van der Waals surface area (Å²) in [5, 5.41) is 11.4. The Morgan fingerprint density at radius 2 is 2.40 bits per heavy atom. The molecule has 1 fully saturated rings. The second kappa shape index (κ2) is 6.51. The fourth-order valence-corrected chi connectivity index (χ4v) is 2.08. The number of aliphatic hydroxyl groups is 1. The molecule has 1 aliphatic heterocycles. The summed E-state index contributed by atoms with van der Waals surface area (Å²) in [6.45, 7) is 1.99. The molecule has 4 nitrogen and oxygen atoms in total. The normalized spacial score (nSPS) is 21.1. The van der Waals surface area contributed by atoms with E-state index in [1.165, 1.54) is 18.2 Å². The first kappa shape index (κ1) is 14.5. The molecule has 1 aliphatic rings. The Morgan fingerprint density at radius 1 is 1.60 bits per heavy atom. The van der Waals surface area contributed by atoms with Crippen LogP contribution in [0.5, 0.6) is 0 Å². The van der Waals surface area contributed by atoms with Gasteiger partial charge < -0.3 is 15.2 Å². The fraction of sp³-hybridized carbons (Fsp3) is 0.400. The molecule has 2 atom stereocenters. The van der Waals surface area contributed by atoms with E-state index in [1.54, 1.807) is 0 Å². The Balaban J connectivity index is 2.07. The number of amides is 1. The Morgan fingerprint density at radius 3 is 3.05 bits per heavy atom. The van der Waals surface area contributed by atoms with Crippen LogP contribution in [0.2, 0.25) is 0 Å². The molecule has 1 aromatic rings. The van der Waals surface area contributed by atoms with Gasteiger partial charge in [0.2, 0.25) is 5.91 Å². The van der Waals surface area contributed by atoms with E-state index in [1.807, 2.05) is 6.92 Å². The average molecular weight is 277 g/mol.